The lowest BCUT2D eigenvalue weighted by Crippen LogP contribution is -2.20. The summed E-state index contributed by atoms with van der Waals surface area (Å²) in [6, 6.07) is 3.89. The molecule has 0 unspecified atom stereocenters. The van der Waals surface area contributed by atoms with E-state index in [1.165, 1.54) is 12.8 Å². The first-order valence-electron chi connectivity index (χ1n) is 9.22. The van der Waals surface area contributed by atoms with Crippen LogP contribution < -0.4 is 10.1 Å². The number of hydrogen-bond acceptors (Lipinski definition) is 5. The van der Waals surface area contributed by atoms with Crippen molar-refractivity contribution in [1.29, 1.82) is 0 Å². The number of carbonyl (C=O) groups is 1. The van der Waals surface area contributed by atoms with Gasteiger partial charge in [0, 0.05) is 24.8 Å². The second kappa shape index (κ2) is 7.34. The van der Waals surface area contributed by atoms with E-state index in [0.717, 1.165) is 46.1 Å². The predicted molar refractivity (Wildman–Crippen MR) is 102 cm³/mol. The minimum atomic E-state index is -0.0678. The van der Waals surface area contributed by atoms with E-state index in [1.54, 1.807) is 19.4 Å². The number of ether oxygens (including phenoxy) is 1. The summed E-state index contributed by atoms with van der Waals surface area (Å²) in [5, 5.41) is 8.12. The van der Waals surface area contributed by atoms with E-state index in [4.69, 9.17) is 4.74 Å². The molecule has 4 rings (SSSR count). The van der Waals surface area contributed by atoms with Gasteiger partial charge in [-0.25, -0.2) is 0 Å². The number of aryl methyl sites for hydroxylation is 1. The largest absolute Gasteiger partial charge is 0.491 e. The first-order valence-corrected chi connectivity index (χ1v) is 9.22. The summed E-state index contributed by atoms with van der Waals surface area (Å²) >= 11 is 0. The summed E-state index contributed by atoms with van der Waals surface area (Å²) in [4.78, 5) is 20.5. The predicted octanol–water partition coefficient (Wildman–Crippen LogP) is 2.26. The number of likely N-dealkylation sites (N-methyl/N-ethyl adjacent to an activating group) is 1. The van der Waals surface area contributed by atoms with Gasteiger partial charge in [-0.3, -0.25) is 19.4 Å². The molecular formula is C20H23N5O2. The number of carbonyl (C=O) groups excluding carboxylic acids is 1. The lowest BCUT2D eigenvalue weighted by atomic mass is 10.2. The number of nitrogens with one attached hydrogen (secondary N) is 1. The maximum atomic E-state index is 11.7. The third-order valence-corrected chi connectivity index (χ3v) is 4.79. The first-order chi connectivity index (χ1) is 13.1. The van der Waals surface area contributed by atoms with E-state index in [1.807, 2.05) is 29.9 Å². The number of nitrogens with zero attached hydrogens (tertiary/aromatic N) is 4. The van der Waals surface area contributed by atoms with E-state index in [9.17, 15) is 4.79 Å². The van der Waals surface area contributed by atoms with Crippen LogP contribution >= 0.6 is 0 Å². The van der Waals surface area contributed by atoms with Gasteiger partial charge in [0.2, 0.25) is 5.91 Å². The van der Waals surface area contributed by atoms with Crippen LogP contribution in [0.5, 0.6) is 5.75 Å². The Kier molecular flexibility index (Phi) is 4.75. The SMILES string of the molecule is CNC(=O)Cc1nccc2nn(Cc3cc(C)c(OCC4CC4)cn3)cc12. The molecule has 1 N–H and O–H groups in total. The molecule has 3 aromatic heterocycles. The molecule has 27 heavy (non-hydrogen) atoms. The van der Waals surface area contributed by atoms with Gasteiger partial charge in [-0.1, -0.05) is 0 Å². The highest BCUT2D eigenvalue weighted by atomic mass is 16.5. The fraction of sp³-hybridized carbons (Fsp3) is 0.400. The van der Waals surface area contributed by atoms with Crippen LogP contribution in [0, 0.1) is 12.8 Å². The molecule has 3 aromatic rings. The fourth-order valence-electron chi connectivity index (χ4n) is 3.01. The third kappa shape index (κ3) is 4.07. The van der Waals surface area contributed by atoms with Crippen molar-refractivity contribution in [2.45, 2.75) is 32.7 Å². The molecule has 0 aliphatic heterocycles. The van der Waals surface area contributed by atoms with Gasteiger partial charge in [-0.05, 0) is 43.4 Å². The molecule has 1 saturated carbocycles. The lowest BCUT2D eigenvalue weighted by molar-refractivity contribution is -0.119. The third-order valence-electron chi connectivity index (χ3n) is 4.79. The highest BCUT2D eigenvalue weighted by Gasteiger charge is 2.22. The zero-order valence-electron chi connectivity index (χ0n) is 15.6. The molecule has 7 nitrogen and oxygen atoms in total. The minimum Gasteiger partial charge on any atom is -0.491 e. The summed E-state index contributed by atoms with van der Waals surface area (Å²) in [6.45, 7) is 3.38. The van der Waals surface area contributed by atoms with Crippen LogP contribution in [0.15, 0.2) is 30.7 Å². The van der Waals surface area contributed by atoms with Crippen molar-refractivity contribution < 1.29 is 9.53 Å². The molecule has 0 bridgehead atoms. The molecular weight excluding hydrogens is 342 g/mol. The molecule has 0 spiro atoms. The standard InChI is InChI=1S/C20H23N5O2/c1-13-7-15(23-9-19(13)27-12-14-3-4-14)10-25-11-16-17(24-25)5-6-22-18(16)8-20(26)21-2/h5-7,9,11,14H,3-4,8,10,12H2,1-2H3,(H,21,26). The maximum Gasteiger partial charge on any atom is 0.225 e. The molecule has 1 aliphatic carbocycles. The first kappa shape index (κ1) is 17.5. The van der Waals surface area contributed by atoms with Gasteiger partial charge >= 0.3 is 0 Å². The van der Waals surface area contributed by atoms with Crippen LogP contribution in [0.3, 0.4) is 0 Å². The summed E-state index contributed by atoms with van der Waals surface area (Å²) < 4.78 is 7.69. The molecule has 1 aliphatic rings. The van der Waals surface area contributed by atoms with Crippen LogP contribution in [-0.4, -0.2) is 39.3 Å². The fourth-order valence-corrected chi connectivity index (χ4v) is 3.01. The molecule has 7 heteroatoms. The van der Waals surface area contributed by atoms with Crippen molar-refractivity contribution in [2.24, 2.45) is 5.92 Å². The van der Waals surface area contributed by atoms with Gasteiger partial charge in [0.15, 0.2) is 0 Å². The van der Waals surface area contributed by atoms with E-state index in [-0.39, 0.29) is 12.3 Å². The summed E-state index contributed by atoms with van der Waals surface area (Å²) in [5.41, 5.74) is 3.55. The van der Waals surface area contributed by atoms with Crippen LogP contribution in [0.25, 0.3) is 10.9 Å². The van der Waals surface area contributed by atoms with Crippen LogP contribution in [0.2, 0.25) is 0 Å². The number of fused-ring (bicyclic) bond motifs is 1. The van der Waals surface area contributed by atoms with Gasteiger partial charge in [0.05, 0.1) is 42.7 Å². The molecule has 1 fully saturated rings. The van der Waals surface area contributed by atoms with Crippen molar-refractivity contribution in [3.8, 4) is 5.75 Å². The van der Waals surface area contributed by atoms with Gasteiger partial charge < -0.3 is 10.1 Å². The molecule has 0 saturated heterocycles. The number of aromatic nitrogens is 4. The Morgan fingerprint density at radius 3 is 2.96 bits per heavy atom. The van der Waals surface area contributed by atoms with Crippen LogP contribution in [0.4, 0.5) is 0 Å². The maximum absolute atomic E-state index is 11.7. The molecule has 140 valence electrons. The van der Waals surface area contributed by atoms with Gasteiger partial charge in [0.25, 0.3) is 0 Å². The number of pyridine rings is 2. The van der Waals surface area contributed by atoms with Crippen molar-refractivity contribution in [3.63, 3.8) is 0 Å². The average molecular weight is 365 g/mol. The van der Waals surface area contributed by atoms with Crippen molar-refractivity contribution in [3.05, 3.63) is 47.7 Å². The van der Waals surface area contributed by atoms with E-state index in [0.29, 0.717) is 6.54 Å². The molecule has 0 atom stereocenters. The van der Waals surface area contributed by atoms with E-state index >= 15 is 0 Å². The summed E-state index contributed by atoms with van der Waals surface area (Å²) in [7, 11) is 1.62. The number of rotatable bonds is 7. The Morgan fingerprint density at radius 2 is 2.22 bits per heavy atom. The topological polar surface area (TPSA) is 81.9 Å². The number of hydrogen-bond donors (Lipinski definition) is 1. The Hall–Kier alpha value is -2.96. The highest BCUT2D eigenvalue weighted by molar-refractivity contribution is 5.86. The van der Waals surface area contributed by atoms with Crippen LogP contribution in [-0.2, 0) is 17.8 Å². The van der Waals surface area contributed by atoms with Gasteiger partial charge in [-0.2, -0.15) is 5.10 Å². The van der Waals surface area contributed by atoms with Crippen molar-refractivity contribution >= 4 is 16.8 Å². The van der Waals surface area contributed by atoms with Gasteiger partial charge in [0.1, 0.15) is 5.75 Å². The number of amides is 1. The van der Waals surface area contributed by atoms with E-state index in [2.05, 4.69) is 20.4 Å². The second-order valence-electron chi connectivity index (χ2n) is 7.06. The molecule has 3 heterocycles. The monoisotopic (exact) mass is 365 g/mol. The lowest BCUT2D eigenvalue weighted by Gasteiger charge is -2.09. The molecule has 1 amide bonds. The molecule has 0 aromatic carbocycles. The molecule has 0 radical (unpaired) electrons. The van der Waals surface area contributed by atoms with Crippen LogP contribution in [0.1, 0.15) is 29.8 Å². The van der Waals surface area contributed by atoms with Gasteiger partial charge in [-0.15, -0.1) is 0 Å². The Labute approximate surface area is 157 Å². The minimum absolute atomic E-state index is 0.0678. The zero-order valence-corrected chi connectivity index (χ0v) is 15.6. The Morgan fingerprint density at radius 1 is 1.37 bits per heavy atom. The highest BCUT2D eigenvalue weighted by Crippen LogP contribution is 2.30. The summed E-state index contributed by atoms with van der Waals surface area (Å²) in [6.07, 6.45) is 8.20. The Bertz CT molecular complexity index is 978. The normalized spacial score (nSPS) is 13.7. The smallest absolute Gasteiger partial charge is 0.225 e. The second-order valence-corrected chi connectivity index (χ2v) is 7.06. The summed E-state index contributed by atoms with van der Waals surface area (Å²) in [5.74, 6) is 1.51. The van der Waals surface area contributed by atoms with Crippen molar-refractivity contribution in [1.82, 2.24) is 25.1 Å². The zero-order chi connectivity index (χ0) is 18.8. The van der Waals surface area contributed by atoms with E-state index < -0.39 is 0 Å². The quantitative estimate of drug-likeness (QED) is 0.694. The Balaban J connectivity index is 1.51. The van der Waals surface area contributed by atoms with Crippen molar-refractivity contribution in [2.75, 3.05) is 13.7 Å². The average Bonchev–Trinajstić information content (AvgIpc) is 3.39.